The first-order chi connectivity index (χ1) is 7.24. The number of halogens is 1. The van der Waals surface area contributed by atoms with Gasteiger partial charge in [-0.15, -0.1) is 0 Å². The second-order valence-corrected chi connectivity index (χ2v) is 3.79. The minimum Gasteiger partial charge on any atom is -0.437 e. The van der Waals surface area contributed by atoms with Gasteiger partial charge in [0.05, 0.1) is 18.1 Å². The maximum absolute atomic E-state index is 5.51. The zero-order chi connectivity index (χ0) is 10.7. The number of anilines is 1. The van der Waals surface area contributed by atoms with Crippen LogP contribution < -0.4 is 10.5 Å². The summed E-state index contributed by atoms with van der Waals surface area (Å²) in [6.07, 6.45) is 4.84. The van der Waals surface area contributed by atoms with Crippen molar-refractivity contribution in [3.8, 4) is 11.6 Å². The maximum Gasteiger partial charge on any atom is 0.219 e. The van der Waals surface area contributed by atoms with Crippen LogP contribution in [0.2, 0.25) is 0 Å². The summed E-state index contributed by atoms with van der Waals surface area (Å²) in [7, 11) is 0. The Balaban J connectivity index is 2.18. The zero-order valence-corrected chi connectivity index (χ0v) is 9.31. The lowest BCUT2D eigenvalue weighted by atomic mass is 10.4. The number of hydrogen-bond acceptors (Lipinski definition) is 4. The van der Waals surface area contributed by atoms with Gasteiger partial charge in [0.25, 0.3) is 0 Å². The molecular formula is C10H8BrN3O. The Morgan fingerprint density at radius 3 is 2.73 bits per heavy atom. The summed E-state index contributed by atoms with van der Waals surface area (Å²) in [6.45, 7) is 0. The summed E-state index contributed by atoms with van der Waals surface area (Å²) in [5.41, 5.74) is 6.11. The molecule has 2 N–H and O–H groups in total. The average molecular weight is 266 g/mol. The fraction of sp³-hybridized carbons (Fsp3) is 0. The maximum atomic E-state index is 5.51. The number of pyridine rings is 2. The molecule has 0 amide bonds. The lowest BCUT2D eigenvalue weighted by molar-refractivity contribution is 0.460. The molecule has 15 heavy (non-hydrogen) atoms. The highest BCUT2D eigenvalue weighted by Gasteiger charge is 1.99. The molecule has 0 aromatic carbocycles. The monoisotopic (exact) mass is 265 g/mol. The predicted molar refractivity (Wildman–Crippen MR) is 60.7 cm³/mol. The van der Waals surface area contributed by atoms with E-state index < -0.39 is 0 Å². The third-order valence-electron chi connectivity index (χ3n) is 1.66. The van der Waals surface area contributed by atoms with E-state index in [1.165, 1.54) is 0 Å². The van der Waals surface area contributed by atoms with Gasteiger partial charge in [0.2, 0.25) is 5.88 Å². The second kappa shape index (κ2) is 4.27. The summed E-state index contributed by atoms with van der Waals surface area (Å²) >= 11 is 3.30. The number of nitrogen functional groups attached to an aromatic ring is 1. The SMILES string of the molecule is Nc1ccc(Oc2cncc(Br)c2)nc1. The van der Waals surface area contributed by atoms with Crippen LogP contribution in [0.3, 0.4) is 0 Å². The van der Waals surface area contributed by atoms with Crippen LogP contribution in [0.4, 0.5) is 5.69 Å². The van der Waals surface area contributed by atoms with Crippen LogP contribution in [0.5, 0.6) is 11.6 Å². The zero-order valence-electron chi connectivity index (χ0n) is 7.72. The first-order valence-corrected chi connectivity index (χ1v) is 5.03. The molecule has 2 heterocycles. The molecular weight excluding hydrogens is 258 g/mol. The van der Waals surface area contributed by atoms with Gasteiger partial charge in [0.1, 0.15) is 5.75 Å². The molecule has 0 fully saturated rings. The molecule has 0 aliphatic heterocycles. The first-order valence-electron chi connectivity index (χ1n) is 4.24. The molecule has 0 saturated carbocycles. The third kappa shape index (κ3) is 2.66. The summed E-state index contributed by atoms with van der Waals surface area (Å²) in [5.74, 6) is 1.12. The molecule has 76 valence electrons. The van der Waals surface area contributed by atoms with Gasteiger partial charge in [-0.3, -0.25) is 4.98 Å². The second-order valence-electron chi connectivity index (χ2n) is 2.87. The Labute approximate surface area is 95.2 Å². The van der Waals surface area contributed by atoms with Crippen molar-refractivity contribution in [2.24, 2.45) is 0 Å². The van der Waals surface area contributed by atoms with Crippen LogP contribution in [0, 0.1) is 0 Å². The van der Waals surface area contributed by atoms with Gasteiger partial charge >= 0.3 is 0 Å². The molecule has 2 aromatic heterocycles. The summed E-state index contributed by atoms with van der Waals surface area (Å²) in [5, 5.41) is 0. The van der Waals surface area contributed by atoms with E-state index in [-0.39, 0.29) is 0 Å². The standard InChI is InChI=1S/C10H8BrN3O/c11-7-3-9(6-13-4-7)15-10-2-1-8(12)5-14-10/h1-6H,12H2. The van der Waals surface area contributed by atoms with E-state index in [4.69, 9.17) is 10.5 Å². The van der Waals surface area contributed by atoms with Gasteiger partial charge in [0, 0.05) is 16.7 Å². The minimum atomic E-state index is 0.490. The van der Waals surface area contributed by atoms with Crippen LogP contribution in [0.25, 0.3) is 0 Å². The fourth-order valence-corrected chi connectivity index (χ4v) is 1.36. The Kier molecular flexibility index (Phi) is 2.82. The molecule has 2 rings (SSSR count). The number of nitrogens with zero attached hydrogens (tertiary/aromatic N) is 2. The van der Waals surface area contributed by atoms with Crippen LogP contribution in [0.15, 0.2) is 41.3 Å². The van der Waals surface area contributed by atoms with Gasteiger partial charge in [-0.1, -0.05) is 0 Å². The molecule has 0 radical (unpaired) electrons. The van der Waals surface area contributed by atoms with E-state index in [0.29, 0.717) is 17.3 Å². The van der Waals surface area contributed by atoms with E-state index in [1.54, 1.807) is 30.7 Å². The molecule has 0 aliphatic carbocycles. The van der Waals surface area contributed by atoms with Crippen molar-refractivity contribution in [1.29, 1.82) is 0 Å². The normalized spacial score (nSPS) is 9.93. The van der Waals surface area contributed by atoms with E-state index in [1.807, 2.05) is 6.07 Å². The summed E-state index contributed by atoms with van der Waals surface area (Å²) < 4.78 is 6.31. The lowest BCUT2D eigenvalue weighted by Gasteiger charge is -2.03. The van der Waals surface area contributed by atoms with E-state index >= 15 is 0 Å². The fourth-order valence-electron chi connectivity index (χ4n) is 1.02. The van der Waals surface area contributed by atoms with Crippen LogP contribution in [0.1, 0.15) is 0 Å². The molecule has 0 saturated heterocycles. The lowest BCUT2D eigenvalue weighted by Crippen LogP contribution is -1.90. The quantitative estimate of drug-likeness (QED) is 0.907. The Bertz CT molecular complexity index is 458. The van der Waals surface area contributed by atoms with Crippen molar-refractivity contribution in [2.75, 3.05) is 5.73 Å². The van der Waals surface area contributed by atoms with Crippen molar-refractivity contribution < 1.29 is 4.74 Å². The molecule has 0 atom stereocenters. The van der Waals surface area contributed by atoms with E-state index in [0.717, 1.165) is 4.47 Å². The highest BCUT2D eigenvalue weighted by molar-refractivity contribution is 9.10. The highest BCUT2D eigenvalue weighted by Crippen LogP contribution is 2.21. The van der Waals surface area contributed by atoms with Gasteiger partial charge in [-0.25, -0.2) is 4.98 Å². The van der Waals surface area contributed by atoms with Gasteiger partial charge in [0.15, 0.2) is 0 Å². The topological polar surface area (TPSA) is 61.0 Å². The first kappa shape index (κ1) is 9.92. The summed E-state index contributed by atoms with van der Waals surface area (Å²) in [6, 6.07) is 5.25. The van der Waals surface area contributed by atoms with Crippen molar-refractivity contribution in [1.82, 2.24) is 9.97 Å². The smallest absolute Gasteiger partial charge is 0.219 e. The molecule has 5 heteroatoms. The summed E-state index contributed by atoms with van der Waals surface area (Å²) in [4.78, 5) is 7.99. The van der Waals surface area contributed by atoms with Crippen LogP contribution >= 0.6 is 15.9 Å². The van der Waals surface area contributed by atoms with Crippen molar-refractivity contribution in [2.45, 2.75) is 0 Å². The molecule has 4 nitrogen and oxygen atoms in total. The molecule has 0 spiro atoms. The largest absolute Gasteiger partial charge is 0.437 e. The molecule has 2 aromatic rings. The molecule has 0 aliphatic rings. The third-order valence-corrected chi connectivity index (χ3v) is 2.10. The van der Waals surface area contributed by atoms with E-state index in [9.17, 15) is 0 Å². The van der Waals surface area contributed by atoms with Gasteiger partial charge < -0.3 is 10.5 Å². The Morgan fingerprint density at radius 1 is 1.20 bits per heavy atom. The van der Waals surface area contributed by atoms with Gasteiger partial charge in [-0.2, -0.15) is 0 Å². The van der Waals surface area contributed by atoms with E-state index in [2.05, 4.69) is 25.9 Å². The number of nitrogens with two attached hydrogens (primary N) is 1. The number of aromatic nitrogens is 2. The number of ether oxygens (including phenoxy) is 1. The van der Waals surface area contributed by atoms with Gasteiger partial charge in [-0.05, 0) is 28.1 Å². The van der Waals surface area contributed by atoms with Crippen LogP contribution in [-0.2, 0) is 0 Å². The number of hydrogen-bond donors (Lipinski definition) is 1. The molecule has 0 bridgehead atoms. The average Bonchev–Trinajstić information content (AvgIpc) is 2.22. The molecule has 0 unspecified atom stereocenters. The Hall–Kier alpha value is -1.62. The minimum absolute atomic E-state index is 0.490. The number of rotatable bonds is 2. The highest BCUT2D eigenvalue weighted by atomic mass is 79.9. The predicted octanol–water partition coefficient (Wildman–Crippen LogP) is 2.61. The Morgan fingerprint density at radius 2 is 2.07 bits per heavy atom. The van der Waals surface area contributed by atoms with Crippen molar-refractivity contribution in [3.05, 3.63) is 41.3 Å². The van der Waals surface area contributed by atoms with Crippen LogP contribution in [-0.4, -0.2) is 9.97 Å². The van der Waals surface area contributed by atoms with Crippen molar-refractivity contribution in [3.63, 3.8) is 0 Å². The van der Waals surface area contributed by atoms with Crippen molar-refractivity contribution >= 4 is 21.6 Å².